The number of hydrogen-bond acceptors (Lipinski definition) is 6. The highest BCUT2D eigenvalue weighted by molar-refractivity contribution is 5.71. The second-order valence-electron chi connectivity index (χ2n) is 14.4. The molecular formula is C54H80O6. The maximum absolute atomic E-state index is 12.7. The summed E-state index contributed by atoms with van der Waals surface area (Å²) in [4.78, 5) is 37.8. The lowest BCUT2D eigenvalue weighted by Crippen LogP contribution is -2.30. The predicted molar refractivity (Wildman–Crippen MR) is 255 cm³/mol. The topological polar surface area (TPSA) is 78.9 Å². The van der Waals surface area contributed by atoms with Gasteiger partial charge < -0.3 is 14.2 Å². The van der Waals surface area contributed by atoms with Gasteiger partial charge in [0.05, 0.1) is 0 Å². The van der Waals surface area contributed by atoms with E-state index in [1.54, 1.807) is 0 Å². The van der Waals surface area contributed by atoms with E-state index < -0.39 is 6.10 Å². The zero-order valence-corrected chi connectivity index (χ0v) is 37.6. The maximum Gasteiger partial charge on any atom is 0.306 e. The summed E-state index contributed by atoms with van der Waals surface area (Å²) in [5, 5.41) is 0. The molecule has 0 aliphatic carbocycles. The summed E-state index contributed by atoms with van der Waals surface area (Å²) in [5.74, 6) is -1.07. The van der Waals surface area contributed by atoms with Crippen LogP contribution in [0.5, 0.6) is 0 Å². The first kappa shape index (κ1) is 55.3. The van der Waals surface area contributed by atoms with Crippen LogP contribution in [0.3, 0.4) is 0 Å². The molecule has 0 aliphatic heterocycles. The Kier molecular flexibility index (Phi) is 43.3. The predicted octanol–water partition coefficient (Wildman–Crippen LogP) is 14.9. The molecule has 1 atom stereocenters. The van der Waals surface area contributed by atoms with Gasteiger partial charge in [-0.2, -0.15) is 0 Å². The summed E-state index contributed by atoms with van der Waals surface area (Å²) in [6.07, 6.45) is 66.9. The Labute approximate surface area is 366 Å². The zero-order chi connectivity index (χ0) is 43.7. The fraction of sp³-hybridized carbons (Fsp3) is 0.500. The molecule has 6 heteroatoms. The molecule has 0 spiro atoms. The van der Waals surface area contributed by atoms with Crippen LogP contribution in [0, 0.1) is 0 Å². The Balaban J connectivity index is 4.62. The molecular weight excluding hydrogens is 745 g/mol. The van der Waals surface area contributed by atoms with Gasteiger partial charge in [0.15, 0.2) is 6.10 Å². The Morgan fingerprint density at radius 1 is 0.350 bits per heavy atom. The minimum Gasteiger partial charge on any atom is -0.462 e. The first-order valence-corrected chi connectivity index (χ1v) is 23.0. The molecule has 0 saturated heterocycles. The molecule has 0 aromatic heterocycles. The maximum atomic E-state index is 12.7. The van der Waals surface area contributed by atoms with Gasteiger partial charge in [0.1, 0.15) is 13.2 Å². The summed E-state index contributed by atoms with van der Waals surface area (Å²) in [6.45, 7) is 6.09. The largest absolute Gasteiger partial charge is 0.462 e. The van der Waals surface area contributed by atoms with Crippen LogP contribution in [0.4, 0.5) is 0 Å². The zero-order valence-electron chi connectivity index (χ0n) is 37.6. The van der Waals surface area contributed by atoms with Crippen molar-refractivity contribution >= 4 is 17.9 Å². The van der Waals surface area contributed by atoms with Gasteiger partial charge >= 0.3 is 17.9 Å². The summed E-state index contributed by atoms with van der Waals surface area (Å²) in [6, 6.07) is 0. The van der Waals surface area contributed by atoms with Crippen molar-refractivity contribution < 1.29 is 28.6 Å². The number of carbonyl (C=O) groups is 3. The molecule has 0 fully saturated rings. The van der Waals surface area contributed by atoms with E-state index in [0.29, 0.717) is 12.8 Å². The molecule has 0 heterocycles. The molecule has 0 bridgehead atoms. The average Bonchev–Trinajstić information content (AvgIpc) is 3.24. The summed E-state index contributed by atoms with van der Waals surface area (Å²) in [5.41, 5.74) is 0. The lowest BCUT2D eigenvalue weighted by molar-refractivity contribution is -0.167. The van der Waals surface area contributed by atoms with Crippen LogP contribution < -0.4 is 0 Å². The number of hydrogen-bond donors (Lipinski definition) is 0. The van der Waals surface area contributed by atoms with Crippen molar-refractivity contribution in [1.82, 2.24) is 0 Å². The highest BCUT2D eigenvalue weighted by atomic mass is 16.6. The van der Waals surface area contributed by atoms with Gasteiger partial charge in [0.25, 0.3) is 0 Å². The van der Waals surface area contributed by atoms with E-state index >= 15 is 0 Å². The fourth-order valence-electron chi connectivity index (χ4n) is 5.44. The van der Waals surface area contributed by atoms with Gasteiger partial charge in [-0.05, 0) is 83.5 Å². The van der Waals surface area contributed by atoms with Crippen molar-refractivity contribution in [3.05, 3.63) is 146 Å². The Morgan fingerprint density at radius 3 is 1.20 bits per heavy atom. The van der Waals surface area contributed by atoms with Crippen molar-refractivity contribution in [1.29, 1.82) is 0 Å². The second-order valence-corrected chi connectivity index (χ2v) is 14.4. The number of esters is 3. The molecule has 60 heavy (non-hydrogen) atoms. The van der Waals surface area contributed by atoms with E-state index in [1.165, 1.54) is 0 Å². The van der Waals surface area contributed by atoms with E-state index in [2.05, 4.69) is 87.6 Å². The molecule has 0 aromatic rings. The molecule has 0 radical (unpaired) electrons. The van der Waals surface area contributed by atoms with Crippen LogP contribution in [0.2, 0.25) is 0 Å². The third-order valence-corrected chi connectivity index (χ3v) is 8.79. The van der Waals surface area contributed by atoms with Gasteiger partial charge in [-0.25, -0.2) is 0 Å². The third kappa shape index (κ3) is 44.4. The molecule has 1 unspecified atom stereocenters. The average molecular weight is 825 g/mol. The minimum absolute atomic E-state index is 0.129. The van der Waals surface area contributed by atoms with Crippen LogP contribution >= 0.6 is 0 Å². The van der Waals surface area contributed by atoms with Crippen molar-refractivity contribution in [2.24, 2.45) is 0 Å². The smallest absolute Gasteiger partial charge is 0.306 e. The molecule has 0 saturated carbocycles. The normalized spacial score (nSPS) is 13.4. The van der Waals surface area contributed by atoms with Gasteiger partial charge in [0.2, 0.25) is 0 Å². The molecule has 0 rings (SSSR count). The Hall–Kier alpha value is -4.71. The lowest BCUT2D eigenvalue weighted by atomic mass is 10.1. The fourth-order valence-corrected chi connectivity index (χ4v) is 5.44. The first-order valence-electron chi connectivity index (χ1n) is 23.0. The number of rotatable bonds is 38. The standard InChI is InChI=1S/C54H80O6/c1-4-7-10-13-16-19-22-25-27-30-32-35-38-41-44-47-53(56)59-50-51(49-58-52(55)46-43-40-37-34-31-28-24-21-18-15-12-9-6-3)60-54(57)48-45-42-39-36-33-29-26-23-20-17-14-11-8-5-2/h7-13,15-22,24-29,31,34,37,51H,4-6,14,23,30,32-33,35-36,38-50H2,1-3H3/b10-7-,11-8-,12-9-,16-13-,18-15-,20-17-,22-19-,24-21-,27-25-,29-26-,31-28-,37-34-. The monoisotopic (exact) mass is 825 g/mol. The Bertz CT molecular complexity index is 1410. The first-order chi connectivity index (χ1) is 29.5. The van der Waals surface area contributed by atoms with Crippen LogP contribution in [0.1, 0.15) is 156 Å². The van der Waals surface area contributed by atoms with Crippen molar-refractivity contribution in [2.75, 3.05) is 13.2 Å². The molecule has 6 nitrogen and oxygen atoms in total. The second kappa shape index (κ2) is 47.0. The van der Waals surface area contributed by atoms with Crippen molar-refractivity contribution in [2.45, 2.75) is 162 Å². The third-order valence-electron chi connectivity index (χ3n) is 8.79. The van der Waals surface area contributed by atoms with E-state index in [1.807, 2.05) is 79.0 Å². The highest BCUT2D eigenvalue weighted by Crippen LogP contribution is 2.11. The minimum atomic E-state index is -0.834. The van der Waals surface area contributed by atoms with E-state index in [9.17, 15) is 14.4 Å². The van der Waals surface area contributed by atoms with Crippen LogP contribution in [-0.2, 0) is 28.6 Å². The summed E-state index contributed by atoms with van der Waals surface area (Å²) >= 11 is 0. The van der Waals surface area contributed by atoms with Crippen LogP contribution in [0.15, 0.2) is 146 Å². The molecule has 0 aliphatic rings. The van der Waals surface area contributed by atoms with Gasteiger partial charge in [-0.3, -0.25) is 14.4 Å². The quantitative estimate of drug-likeness (QED) is 0.0203. The highest BCUT2D eigenvalue weighted by Gasteiger charge is 2.19. The number of carbonyl (C=O) groups excluding carboxylic acids is 3. The van der Waals surface area contributed by atoms with E-state index in [-0.39, 0.29) is 44.0 Å². The van der Waals surface area contributed by atoms with Crippen LogP contribution in [0.25, 0.3) is 0 Å². The SMILES string of the molecule is CC\C=C/C=C\C=C/C=C\C=C/CCCC(=O)OCC(COC(=O)CCCCCCC\C=C/C=C\C=C/C=C\CC)OC(=O)CCCCCC/C=C\C/C=C\C/C=C\CC. The number of unbranched alkanes of at least 4 members (excludes halogenated alkanes) is 10. The molecule has 0 amide bonds. The van der Waals surface area contributed by atoms with Gasteiger partial charge in [0, 0.05) is 19.3 Å². The van der Waals surface area contributed by atoms with E-state index in [0.717, 1.165) is 109 Å². The van der Waals surface area contributed by atoms with Gasteiger partial charge in [-0.15, -0.1) is 0 Å². The summed E-state index contributed by atoms with van der Waals surface area (Å²) < 4.78 is 16.6. The summed E-state index contributed by atoms with van der Waals surface area (Å²) in [7, 11) is 0. The lowest BCUT2D eigenvalue weighted by Gasteiger charge is -2.18. The van der Waals surface area contributed by atoms with E-state index in [4.69, 9.17) is 14.2 Å². The molecule has 0 aromatic carbocycles. The van der Waals surface area contributed by atoms with Crippen molar-refractivity contribution in [3.8, 4) is 0 Å². The molecule has 0 N–H and O–H groups in total. The Morgan fingerprint density at radius 2 is 0.700 bits per heavy atom. The van der Waals surface area contributed by atoms with Crippen molar-refractivity contribution in [3.63, 3.8) is 0 Å². The molecule has 332 valence electrons. The van der Waals surface area contributed by atoms with Crippen LogP contribution in [-0.4, -0.2) is 37.2 Å². The number of ether oxygens (including phenoxy) is 3. The van der Waals surface area contributed by atoms with Gasteiger partial charge in [-0.1, -0.05) is 199 Å². The number of allylic oxidation sites excluding steroid dienone is 24.